The minimum Gasteiger partial charge on any atom is -0.319 e. The number of hydrogen-bond acceptors (Lipinski definition) is 3. The molecule has 1 aliphatic heterocycles. The predicted octanol–water partition coefficient (Wildman–Crippen LogP) is 5.37. The minimum atomic E-state index is 0.325. The van der Waals surface area contributed by atoms with E-state index < -0.39 is 0 Å². The molecular weight excluding hydrogens is 300 g/mol. The Bertz CT molecular complexity index is 618. The highest BCUT2D eigenvalue weighted by Gasteiger charge is 2.28. The van der Waals surface area contributed by atoms with Gasteiger partial charge in [-0.15, -0.1) is 0 Å². The van der Waals surface area contributed by atoms with E-state index in [0.29, 0.717) is 6.04 Å². The molecule has 0 saturated carbocycles. The summed E-state index contributed by atoms with van der Waals surface area (Å²) in [5.41, 5.74) is 5.72. The summed E-state index contributed by atoms with van der Waals surface area (Å²) in [5.74, 6) is 0. The molecule has 1 heterocycles. The van der Waals surface area contributed by atoms with E-state index in [2.05, 4.69) is 60.9 Å². The number of aryl methyl sites for hydroxylation is 1. The molecule has 0 fully saturated rings. The lowest BCUT2D eigenvalue weighted by Crippen LogP contribution is -2.26. The Kier molecular flexibility index (Phi) is 5.50. The smallest absolute Gasteiger partial charge is 0.0605 e. The Hall–Kier alpha value is -1.19. The lowest BCUT2D eigenvalue weighted by atomic mass is 9.91. The van der Waals surface area contributed by atoms with E-state index in [1.54, 1.807) is 0 Å². The fourth-order valence-electron chi connectivity index (χ4n) is 3.44. The molecule has 0 aromatic heterocycles. The van der Waals surface area contributed by atoms with Gasteiger partial charge >= 0.3 is 0 Å². The van der Waals surface area contributed by atoms with Gasteiger partial charge in [0.15, 0.2) is 0 Å². The number of nitrogens with zero attached hydrogens (tertiary/aromatic N) is 1. The van der Waals surface area contributed by atoms with E-state index in [0.717, 1.165) is 19.4 Å². The van der Waals surface area contributed by atoms with Crippen molar-refractivity contribution in [3.8, 4) is 0 Å². The van der Waals surface area contributed by atoms with Crippen LogP contribution in [0.3, 0.4) is 0 Å². The van der Waals surface area contributed by atoms with Gasteiger partial charge in [-0.3, -0.25) is 0 Å². The van der Waals surface area contributed by atoms with Crippen LogP contribution in [0.25, 0.3) is 0 Å². The highest BCUT2D eigenvalue weighted by Crippen LogP contribution is 2.43. The summed E-state index contributed by atoms with van der Waals surface area (Å²) >= 11 is 1.88. The molecule has 0 spiro atoms. The zero-order chi connectivity index (χ0) is 16.2. The molecule has 1 aromatic rings. The van der Waals surface area contributed by atoms with Crippen molar-refractivity contribution in [2.24, 2.45) is 0 Å². The van der Waals surface area contributed by atoms with Gasteiger partial charge in [0.25, 0.3) is 0 Å². The molecule has 1 unspecified atom stereocenters. The van der Waals surface area contributed by atoms with Crippen molar-refractivity contribution in [1.82, 2.24) is 9.62 Å². The van der Waals surface area contributed by atoms with Crippen LogP contribution >= 0.6 is 11.9 Å². The summed E-state index contributed by atoms with van der Waals surface area (Å²) < 4.78 is 2.38. The van der Waals surface area contributed by atoms with Crippen LogP contribution in [-0.4, -0.2) is 17.9 Å². The zero-order valence-corrected chi connectivity index (χ0v) is 15.4. The van der Waals surface area contributed by atoms with Crippen molar-refractivity contribution < 1.29 is 0 Å². The van der Waals surface area contributed by atoms with Gasteiger partial charge in [-0.05, 0) is 67.4 Å². The van der Waals surface area contributed by atoms with Crippen molar-refractivity contribution >= 4 is 11.9 Å². The van der Waals surface area contributed by atoms with Crippen LogP contribution in [0.15, 0.2) is 46.5 Å². The Labute approximate surface area is 145 Å². The molecule has 124 valence electrons. The molecule has 1 N–H and O–H groups in total. The van der Waals surface area contributed by atoms with Crippen LogP contribution < -0.4 is 5.32 Å². The van der Waals surface area contributed by atoms with E-state index in [-0.39, 0.29) is 0 Å². The fourth-order valence-corrected chi connectivity index (χ4v) is 4.58. The second-order valence-electron chi connectivity index (χ2n) is 6.57. The fraction of sp³-hybridized carbons (Fsp3) is 0.500. The normalized spacial score (nSPS) is 20.3. The number of unbranched alkanes of at least 4 members (excludes halogenated alkanes) is 2. The van der Waals surface area contributed by atoms with Gasteiger partial charge in [0.1, 0.15) is 0 Å². The standard InChI is InChI=1S/C20H28N2S/c1-4-5-8-13-21-20-16-9-6-7-10-18(16)22(3)23-19-14-15(2)11-12-17(19)20/h6,9,11-12,14,20-21H,4-5,7-8,10,13H2,1-3H3. The molecule has 2 aliphatic rings. The number of hydrogen-bond donors (Lipinski definition) is 1. The molecule has 0 bridgehead atoms. The molecule has 1 aromatic carbocycles. The van der Waals surface area contributed by atoms with E-state index >= 15 is 0 Å². The lowest BCUT2D eigenvalue weighted by Gasteiger charge is -2.26. The maximum Gasteiger partial charge on any atom is 0.0605 e. The molecule has 0 saturated heterocycles. The number of allylic oxidation sites excluding steroid dienone is 2. The Morgan fingerprint density at radius 1 is 1.30 bits per heavy atom. The maximum atomic E-state index is 3.84. The molecule has 1 atom stereocenters. The van der Waals surface area contributed by atoms with Gasteiger partial charge in [-0.25, -0.2) is 0 Å². The van der Waals surface area contributed by atoms with E-state index in [9.17, 15) is 0 Å². The summed E-state index contributed by atoms with van der Waals surface area (Å²) in [6.45, 7) is 5.54. The third-order valence-electron chi connectivity index (χ3n) is 4.71. The highest BCUT2D eigenvalue weighted by molar-refractivity contribution is 7.97. The Morgan fingerprint density at radius 2 is 2.17 bits per heavy atom. The number of rotatable bonds is 5. The predicted molar refractivity (Wildman–Crippen MR) is 100 cm³/mol. The van der Waals surface area contributed by atoms with Gasteiger partial charge in [0, 0.05) is 17.6 Å². The summed E-state index contributed by atoms with van der Waals surface area (Å²) in [7, 11) is 2.21. The average Bonchev–Trinajstić information content (AvgIpc) is 2.66. The van der Waals surface area contributed by atoms with Gasteiger partial charge in [-0.2, -0.15) is 0 Å². The molecule has 3 heteroatoms. The first-order valence-electron chi connectivity index (χ1n) is 8.86. The summed E-state index contributed by atoms with van der Waals surface area (Å²) in [6.07, 6.45) is 10.8. The first-order chi connectivity index (χ1) is 11.2. The topological polar surface area (TPSA) is 15.3 Å². The third-order valence-corrected chi connectivity index (χ3v) is 5.76. The Morgan fingerprint density at radius 3 is 3.00 bits per heavy atom. The largest absolute Gasteiger partial charge is 0.319 e. The van der Waals surface area contributed by atoms with E-state index in [1.807, 2.05) is 11.9 Å². The van der Waals surface area contributed by atoms with Crippen LogP contribution in [-0.2, 0) is 0 Å². The monoisotopic (exact) mass is 328 g/mol. The maximum absolute atomic E-state index is 3.84. The van der Waals surface area contributed by atoms with Crippen molar-refractivity contribution in [3.05, 3.63) is 52.7 Å². The second-order valence-corrected chi connectivity index (χ2v) is 7.74. The van der Waals surface area contributed by atoms with Crippen molar-refractivity contribution in [1.29, 1.82) is 0 Å². The van der Waals surface area contributed by atoms with E-state index in [1.165, 1.54) is 46.6 Å². The van der Waals surface area contributed by atoms with Gasteiger partial charge in [0.05, 0.1) is 6.04 Å². The lowest BCUT2D eigenvalue weighted by molar-refractivity contribution is 0.543. The first-order valence-corrected chi connectivity index (χ1v) is 9.63. The summed E-state index contributed by atoms with van der Waals surface area (Å²) in [5, 5.41) is 3.84. The molecule has 2 nitrogen and oxygen atoms in total. The number of nitrogens with one attached hydrogen (secondary N) is 1. The molecule has 0 amide bonds. The SMILES string of the molecule is CCCCCNC1C2=C(CCC=C2)N(C)Sc2cc(C)ccc21. The molecule has 0 radical (unpaired) electrons. The van der Waals surface area contributed by atoms with Crippen molar-refractivity contribution in [2.45, 2.75) is 56.9 Å². The van der Waals surface area contributed by atoms with Gasteiger partial charge in [0.2, 0.25) is 0 Å². The molecule has 1 aliphatic carbocycles. The highest BCUT2D eigenvalue weighted by atomic mass is 32.2. The molecule has 3 rings (SSSR count). The van der Waals surface area contributed by atoms with Gasteiger partial charge < -0.3 is 9.62 Å². The van der Waals surface area contributed by atoms with Crippen LogP contribution in [0, 0.1) is 6.92 Å². The third kappa shape index (κ3) is 3.67. The number of fused-ring (bicyclic) bond motifs is 1. The zero-order valence-electron chi connectivity index (χ0n) is 14.6. The Balaban J connectivity index is 1.95. The first kappa shape index (κ1) is 16.7. The summed E-state index contributed by atoms with van der Waals surface area (Å²) in [4.78, 5) is 1.39. The van der Waals surface area contributed by atoms with Crippen molar-refractivity contribution in [2.75, 3.05) is 13.6 Å². The molecular formula is C20H28N2S. The minimum absolute atomic E-state index is 0.325. The van der Waals surface area contributed by atoms with Crippen molar-refractivity contribution in [3.63, 3.8) is 0 Å². The second kappa shape index (κ2) is 7.59. The quantitative estimate of drug-likeness (QED) is 0.577. The van der Waals surface area contributed by atoms with Crippen LogP contribution in [0.5, 0.6) is 0 Å². The van der Waals surface area contributed by atoms with Crippen LogP contribution in [0.4, 0.5) is 0 Å². The summed E-state index contributed by atoms with van der Waals surface area (Å²) in [6, 6.07) is 7.23. The van der Waals surface area contributed by atoms with Crippen LogP contribution in [0.1, 0.15) is 56.2 Å². The average molecular weight is 329 g/mol. The van der Waals surface area contributed by atoms with Crippen LogP contribution in [0.2, 0.25) is 0 Å². The number of benzene rings is 1. The molecule has 23 heavy (non-hydrogen) atoms. The van der Waals surface area contributed by atoms with E-state index in [4.69, 9.17) is 0 Å². The van der Waals surface area contributed by atoms with Gasteiger partial charge in [-0.1, -0.05) is 44.1 Å².